The zero-order valence-electron chi connectivity index (χ0n) is 9.43. The van der Waals surface area contributed by atoms with E-state index in [1.54, 1.807) is 11.3 Å². The molecule has 0 aromatic carbocycles. The van der Waals surface area contributed by atoms with Gasteiger partial charge in [0.1, 0.15) is 0 Å². The quantitative estimate of drug-likeness (QED) is 0.867. The van der Waals surface area contributed by atoms with Crippen molar-refractivity contribution in [2.24, 2.45) is 0 Å². The van der Waals surface area contributed by atoms with E-state index in [0.717, 1.165) is 12.8 Å². The van der Waals surface area contributed by atoms with Gasteiger partial charge in [0.15, 0.2) is 0 Å². The molecular formula is C11H15N3OS. The second-order valence-corrected chi connectivity index (χ2v) is 4.57. The van der Waals surface area contributed by atoms with E-state index in [0.29, 0.717) is 11.8 Å². The molecule has 0 aliphatic carbocycles. The number of nitrogens with one attached hydrogen (secondary N) is 1. The van der Waals surface area contributed by atoms with Gasteiger partial charge in [-0.2, -0.15) is 0 Å². The molecule has 0 spiro atoms. The van der Waals surface area contributed by atoms with Crippen LogP contribution in [0.25, 0.3) is 0 Å². The minimum absolute atomic E-state index is 0.157. The maximum atomic E-state index is 5.62. The fourth-order valence-electron chi connectivity index (χ4n) is 1.54. The molecule has 0 radical (unpaired) electrons. The molecule has 4 nitrogen and oxygen atoms in total. The Bertz CT molecular complexity index is 420. The van der Waals surface area contributed by atoms with Gasteiger partial charge in [0.25, 0.3) is 0 Å². The van der Waals surface area contributed by atoms with Gasteiger partial charge in [-0.3, -0.25) is 0 Å². The Balaban J connectivity index is 2.07. The number of thiophene rings is 1. The molecule has 0 amide bonds. The fraction of sp³-hybridized carbons (Fsp3) is 0.455. The largest absolute Gasteiger partial charge is 0.423 e. The summed E-state index contributed by atoms with van der Waals surface area (Å²) in [6.45, 7) is 2.09. The maximum absolute atomic E-state index is 5.62. The van der Waals surface area contributed by atoms with Crippen molar-refractivity contribution in [3.63, 3.8) is 0 Å². The Kier molecular flexibility index (Phi) is 3.69. The molecule has 1 unspecified atom stereocenters. The summed E-state index contributed by atoms with van der Waals surface area (Å²) in [6, 6.07) is 4.26. The summed E-state index contributed by atoms with van der Waals surface area (Å²) in [6.07, 6.45) is 1.67. The highest BCUT2D eigenvalue weighted by Crippen LogP contribution is 2.18. The summed E-state index contributed by atoms with van der Waals surface area (Å²) in [4.78, 5) is 1.24. The van der Waals surface area contributed by atoms with Gasteiger partial charge < -0.3 is 9.73 Å². The van der Waals surface area contributed by atoms with Crippen LogP contribution in [0.3, 0.4) is 0 Å². The lowest BCUT2D eigenvalue weighted by Gasteiger charge is -2.06. The summed E-state index contributed by atoms with van der Waals surface area (Å²) in [5.74, 6) is 1.36. The maximum Gasteiger partial charge on any atom is 0.233 e. The Morgan fingerprint density at radius 1 is 1.50 bits per heavy atom. The fourth-order valence-corrected chi connectivity index (χ4v) is 2.24. The van der Waals surface area contributed by atoms with Crippen molar-refractivity contribution in [1.82, 2.24) is 15.5 Å². The summed E-state index contributed by atoms with van der Waals surface area (Å²) in [7, 11) is 1.90. The van der Waals surface area contributed by atoms with Gasteiger partial charge in [0, 0.05) is 4.88 Å². The van der Waals surface area contributed by atoms with Crippen molar-refractivity contribution in [2.45, 2.75) is 25.8 Å². The average Bonchev–Trinajstić information content (AvgIpc) is 2.93. The summed E-state index contributed by atoms with van der Waals surface area (Å²) in [5.41, 5.74) is 0. The molecule has 0 bridgehead atoms. The van der Waals surface area contributed by atoms with Gasteiger partial charge in [-0.25, -0.2) is 0 Å². The van der Waals surface area contributed by atoms with Crippen molar-refractivity contribution in [3.8, 4) is 0 Å². The van der Waals surface area contributed by atoms with E-state index in [4.69, 9.17) is 4.42 Å². The molecule has 0 aliphatic rings. The molecule has 2 aromatic rings. The van der Waals surface area contributed by atoms with Crippen LogP contribution >= 0.6 is 11.3 Å². The van der Waals surface area contributed by atoms with Gasteiger partial charge >= 0.3 is 0 Å². The minimum Gasteiger partial charge on any atom is -0.423 e. The van der Waals surface area contributed by atoms with E-state index >= 15 is 0 Å². The number of aromatic nitrogens is 2. The average molecular weight is 237 g/mol. The molecule has 0 aliphatic heterocycles. The molecule has 86 valence electrons. The Hall–Kier alpha value is -1.20. The van der Waals surface area contributed by atoms with Crippen molar-refractivity contribution in [3.05, 3.63) is 34.2 Å². The molecule has 2 heterocycles. The lowest BCUT2D eigenvalue weighted by Crippen LogP contribution is -2.15. The molecule has 0 fully saturated rings. The highest BCUT2D eigenvalue weighted by atomic mass is 32.1. The summed E-state index contributed by atoms with van der Waals surface area (Å²) in [5, 5.41) is 13.3. The van der Waals surface area contributed by atoms with Gasteiger partial charge in [0.2, 0.25) is 11.8 Å². The van der Waals surface area contributed by atoms with Gasteiger partial charge in [-0.15, -0.1) is 21.5 Å². The van der Waals surface area contributed by atoms with Crippen LogP contribution in [-0.4, -0.2) is 17.2 Å². The highest BCUT2D eigenvalue weighted by Gasteiger charge is 2.14. The van der Waals surface area contributed by atoms with E-state index in [9.17, 15) is 0 Å². The SMILES string of the molecule is CCC(NC)c1nnc(Cc2cccs2)o1. The van der Waals surface area contributed by atoms with E-state index < -0.39 is 0 Å². The second kappa shape index (κ2) is 5.23. The van der Waals surface area contributed by atoms with Crippen molar-refractivity contribution in [1.29, 1.82) is 0 Å². The molecule has 2 rings (SSSR count). The standard InChI is InChI=1S/C11H15N3OS/c1-3-9(12-2)11-14-13-10(15-11)7-8-5-4-6-16-8/h4-6,9,12H,3,7H2,1-2H3. The highest BCUT2D eigenvalue weighted by molar-refractivity contribution is 7.09. The smallest absolute Gasteiger partial charge is 0.233 e. The lowest BCUT2D eigenvalue weighted by atomic mass is 10.2. The Labute approximate surface area is 98.7 Å². The number of hydrogen-bond acceptors (Lipinski definition) is 5. The van der Waals surface area contributed by atoms with Gasteiger partial charge in [-0.1, -0.05) is 13.0 Å². The van der Waals surface area contributed by atoms with Crippen LogP contribution in [0.1, 0.15) is 36.0 Å². The van der Waals surface area contributed by atoms with Crippen LogP contribution in [0.5, 0.6) is 0 Å². The monoisotopic (exact) mass is 237 g/mol. The zero-order chi connectivity index (χ0) is 11.4. The van der Waals surface area contributed by atoms with Crippen LogP contribution in [-0.2, 0) is 6.42 Å². The van der Waals surface area contributed by atoms with Crippen LogP contribution in [0.15, 0.2) is 21.9 Å². The van der Waals surface area contributed by atoms with Crippen LogP contribution in [0.4, 0.5) is 0 Å². The first kappa shape index (κ1) is 11.3. The molecule has 5 heteroatoms. The van der Waals surface area contributed by atoms with Crippen molar-refractivity contribution < 1.29 is 4.42 Å². The third-order valence-electron chi connectivity index (χ3n) is 2.44. The van der Waals surface area contributed by atoms with E-state index in [2.05, 4.69) is 33.9 Å². The predicted octanol–water partition coefficient (Wildman–Crippen LogP) is 2.39. The first-order valence-corrected chi connectivity index (χ1v) is 6.23. The number of nitrogens with zero attached hydrogens (tertiary/aromatic N) is 2. The number of hydrogen-bond donors (Lipinski definition) is 1. The molecule has 0 saturated carbocycles. The first-order valence-electron chi connectivity index (χ1n) is 5.35. The Morgan fingerprint density at radius 2 is 2.38 bits per heavy atom. The molecule has 16 heavy (non-hydrogen) atoms. The van der Waals surface area contributed by atoms with E-state index in [-0.39, 0.29) is 6.04 Å². The molecule has 0 saturated heterocycles. The molecule has 2 aromatic heterocycles. The van der Waals surface area contributed by atoms with Crippen molar-refractivity contribution in [2.75, 3.05) is 7.05 Å². The van der Waals surface area contributed by atoms with Crippen molar-refractivity contribution >= 4 is 11.3 Å². The van der Waals surface area contributed by atoms with Gasteiger partial charge in [-0.05, 0) is 24.9 Å². The molecular weight excluding hydrogens is 222 g/mol. The van der Waals surface area contributed by atoms with Crippen LogP contribution in [0, 0.1) is 0 Å². The lowest BCUT2D eigenvalue weighted by molar-refractivity contribution is 0.390. The summed E-state index contributed by atoms with van der Waals surface area (Å²) < 4.78 is 5.62. The van der Waals surface area contributed by atoms with E-state index in [1.165, 1.54) is 4.88 Å². The topological polar surface area (TPSA) is 51.0 Å². The first-order chi connectivity index (χ1) is 7.83. The normalized spacial score (nSPS) is 12.9. The minimum atomic E-state index is 0.157. The predicted molar refractivity (Wildman–Crippen MR) is 63.5 cm³/mol. The van der Waals surface area contributed by atoms with Gasteiger partial charge in [0.05, 0.1) is 12.5 Å². The van der Waals surface area contributed by atoms with Crippen LogP contribution in [0.2, 0.25) is 0 Å². The summed E-state index contributed by atoms with van der Waals surface area (Å²) >= 11 is 1.70. The molecule has 1 N–H and O–H groups in total. The third-order valence-corrected chi connectivity index (χ3v) is 3.32. The zero-order valence-corrected chi connectivity index (χ0v) is 10.3. The van der Waals surface area contributed by atoms with Crippen LogP contribution < -0.4 is 5.32 Å². The molecule has 1 atom stereocenters. The Morgan fingerprint density at radius 3 is 3.00 bits per heavy atom. The second-order valence-electron chi connectivity index (χ2n) is 3.54. The number of rotatable bonds is 5. The third kappa shape index (κ3) is 2.48. The van der Waals surface area contributed by atoms with E-state index in [1.807, 2.05) is 13.1 Å².